The molecule has 1 aromatic heterocycles. The highest BCUT2D eigenvalue weighted by Gasteiger charge is 2.29. The highest BCUT2D eigenvalue weighted by atomic mass is 32.2. The van der Waals surface area contributed by atoms with E-state index < -0.39 is 15.8 Å². The molecule has 1 saturated heterocycles. The highest BCUT2D eigenvalue weighted by molar-refractivity contribution is 7.89. The molecule has 0 N–H and O–H groups in total. The van der Waals surface area contributed by atoms with Crippen molar-refractivity contribution in [1.29, 1.82) is 0 Å². The largest absolute Gasteiger partial charge is 0.339 e. The van der Waals surface area contributed by atoms with Gasteiger partial charge in [-0.1, -0.05) is 30.6 Å². The predicted octanol–water partition coefficient (Wildman–Crippen LogP) is 3.26. The average Bonchev–Trinajstić information content (AvgIpc) is 3.09. The lowest BCUT2D eigenvalue weighted by Crippen LogP contribution is -2.41. The lowest BCUT2D eigenvalue weighted by molar-refractivity contribution is 0.247. The van der Waals surface area contributed by atoms with Crippen molar-refractivity contribution in [2.45, 2.75) is 39.0 Å². The van der Waals surface area contributed by atoms with Crippen LogP contribution >= 0.6 is 0 Å². The molecule has 0 amide bonds. The Morgan fingerprint density at radius 1 is 1.35 bits per heavy atom. The van der Waals surface area contributed by atoms with Crippen molar-refractivity contribution in [3.05, 3.63) is 36.0 Å². The van der Waals surface area contributed by atoms with Crippen LogP contribution in [0.15, 0.2) is 28.8 Å². The first-order valence-corrected chi connectivity index (χ1v) is 10.7. The summed E-state index contributed by atoms with van der Waals surface area (Å²) in [6.45, 7) is 3.04. The van der Waals surface area contributed by atoms with Crippen molar-refractivity contribution < 1.29 is 17.3 Å². The van der Waals surface area contributed by atoms with Gasteiger partial charge in [-0.2, -0.15) is 4.98 Å². The van der Waals surface area contributed by atoms with Gasteiger partial charge in [0.25, 0.3) is 0 Å². The average molecular weight is 381 g/mol. The molecule has 0 bridgehead atoms. The van der Waals surface area contributed by atoms with Gasteiger partial charge >= 0.3 is 0 Å². The predicted molar refractivity (Wildman–Crippen MR) is 96.4 cm³/mol. The summed E-state index contributed by atoms with van der Waals surface area (Å²) in [4.78, 5) is 4.29. The summed E-state index contributed by atoms with van der Waals surface area (Å²) in [7, 11) is -3.20. The molecule has 2 aromatic rings. The lowest BCUT2D eigenvalue weighted by Gasteiger charge is -2.31. The Kier molecular flexibility index (Phi) is 6.03. The zero-order chi connectivity index (χ0) is 18.6. The summed E-state index contributed by atoms with van der Waals surface area (Å²) in [5.74, 6) is 0.580. The first-order chi connectivity index (χ1) is 12.5. The maximum absolute atomic E-state index is 13.8. The van der Waals surface area contributed by atoms with E-state index in [9.17, 15) is 12.8 Å². The molecule has 6 nitrogen and oxygen atoms in total. The zero-order valence-electron chi connectivity index (χ0n) is 14.9. The molecule has 0 saturated carbocycles. The molecule has 1 atom stereocenters. The molecule has 142 valence electrons. The molecule has 8 heteroatoms. The van der Waals surface area contributed by atoms with E-state index in [-0.39, 0.29) is 17.5 Å². The van der Waals surface area contributed by atoms with Crippen molar-refractivity contribution >= 4 is 10.0 Å². The number of aromatic nitrogens is 2. The number of halogens is 1. The molecular weight excluding hydrogens is 357 g/mol. The molecule has 3 rings (SSSR count). The second-order valence-electron chi connectivity index (χ2n) is 6.73. The lowest BCUT2D eigenvalue weighted by atomic mass is 9.96. The Balaban J connectivity index is 1.65. The minimum absolute atomic E-state index is 0.133. The first kappa shape index (κ1) is 19.0. The van der Waals surface area contributed by atoms with E-state index in [0.717, 1.165) is 19.3 Å². The van der Waals surface area contributed by atoms with Gasteiger partial charge in [-0.05, 0) is 37.3 Å². The van der Waals surface area contributed by atoms with Gasteiger partial charge in [0.15, 0.2) is 0 Å². The second-order valence-corrected chi connectivity index (χ2v) is 8.82. The minimum Gasteiger partial charge on any atom is -0.339 e. The minimum atomic E-state index is -3.20. The normalized spacial score (nSPS) is 18.9. The van der Waals surface area contributed by atoms with Crippen LogP contribution in [-0.4, -0.2) is 41.7 Å². The van der Waals surface area contributed by atoms with Crippen LogP contribution in [0.2, 0.25) is 0 Å². The molecule has 1 aliphatic heterocycles. The third kappa shape index (κ3) is 4.48. The Hall–Kier alpha value is -1.80. The molecule has 1 unspecified atom stereocenters. The molecule has 0 spiro atoms. The van der Waals surface area contributed by atoms with Crippen molar-refractivity contribution in [3.8, 4) is 11.4 Å². The van der Waals surface area contributed by atoms with Crippen LogP contribution in [-0.2, 0) is 16.4 Å². The zero-order valence-corrected chi connectivity index (χ0v) is 15.7. The van der Waals surface area contributed by atoms with Crippen LogP contribution in [0.5, 0.6) is 0 Å². The van der Waals surface area contributed by atoms with Gasteiger partial charge in [-0.15, -0.1) is 0 Å². The van der Waals surface area contributed by atoms with Gasteiger partial charge in [0.05, 0.1) is 11.3 Å². The summed E-state index contributed by atoms with van der Waals surface area (Å²) in [6, 6.07) is 6.28. The van der Waals surface area contributed by atoms with Crippen molar-refractivity contribution in [2.24, 2.45) is 5.92 Å². The number of hydrogen-bond acceptors (Lipinski definition) is 5. The third-order valence-electron chi connectivity index (χ3n) is 4.68. The molecule has 0 radical (unpaired) electrons. The third-order valence-corrected chi connectivity index (χ3v) is 6.60. The maximum Gasteiger partial charge on any atom is 0.227 e. The molecule has 1 aromatic carbocycles. The fourth-order valence-electron chi connectivity index (χ4n) is 3.24. The van der Waals surface area contributed by atoms with Gasteiger partial charge in [0, 0.05) is 19.5 Å². The van der Waals surface area contributed by atoms with Gasteiger partial charge in [0.2, 0.25) is 21.7 Å². The molecule has 0 aliphatic carbocycles. The summed E-state index contributed by atoms with van der Waals surface area (Å²) in [6.07, 6.45) is 3.78. The molecule has 26 heavy (non-hydrogen) atoms. The Bertz CT molecular complexity index is 838. The van der Waals surface area contributed by atoms with E-state index in [1.54, 1.807) is 22.5 Å². The number of unbranched alkanes of at least 4 members (excludes halogenated alkanes) is 1. The topological polar surface area (TPSA) is 76.3 Å². The van der Waals surface area contributed by atoms with E-state index in [0.29, 0.717) is 37.4 Å². The van der Waals surface area contributed by atoms with E-state index in [4.69, 9.17) is 4.52 Å². The van der Waals surface area contributed by atoms with Gasteiger partial charge in [-0.25, -0.2) is 17.1 Å². The summed E-state index contributed by atoms with van der Waals surface area (Å²) in [5.41, 5.74) is 0.301. The van der Waals surface area contributed by atoms with E-state index in [2.05, 4.69) is 10.1 Å². The quantitative estimate of drug-likeness (QED) is 0.736. The Labute approximate surface area is 153 Å². The summed E-state index contributed by atoms with van der Waals surface area (Å²) < 4.78 is 45.5. The number of hydrogen-bond donors (Lipinski definition) is 0. The van der Waals surface area contributed by atoms with Gasteiger partial charge in [-0.3, -0.25) is 0 Å². The van der Waals surface area contributed by atoms with Gasteiger partial charge in [0.1, 0.15) is 5.82 Å². The standard InChI is InChI=1S/C18H24FN3O3S/c1-2-3-11-26(23,24)22-10-6-7-14(13-22)12-17-20-18(21-25-17)15-8-4-5-9-16(15)19/h4-5,8-9,14H,2-3,6-7,10-13H2,1H3. The monoisotopic (exact) mass is 381 g/mol. The SMILES string of the molecule is CCCCS(=O)(=O)N1CCCC(Cc2nc(-c3ccccc3F)no2)C1. The molecular formula is C18H24FN3O3S. The van der Waals surface area contributed by atoms with Crippen LogP contribution in [0.4, 0.5) is 4.39 Å². The van der Waals surface area contributed by atoms with Crippen molar-refractivity contribution in [2.75, 3.05) is 18.8 Å². The van der Waals surface area contributed by atoms with E-state index >= 15 is 0 Å². The fraction of sp³-hybridized carbons (Fsp3) is 0.556. The first-order valence-electron chi connectivity index (χ1n) is 9.05. The number of sulfonamides is 1. The smallest absolute Gasteiger partial charge is 0.227 e. The summed E-state index contributed by atoms with van der Waals surface area (Å²) in [5, 5.41) is 3.86. The summed E-state index contributed by atoms with van der Waals surface area (Å²) >= 11 is 0. The number of benzene rings is 1. The molecule has 1 fully saturated rings. The van der Waals surface area contributed by atoms with E-state index in [1.165, 1.54) is 6.07 Å². The Morgan fingerprint density at radius 3 is 2.92 bits per heavy atom. The van der Waals surface area contributed by atoms with Crippen LogP contribution < -0.4 is 0 Å². The van der Waals surface area contributed by atoms with Crippen molar-refractivity contribution in [1.82, 2.24) is 14.4 Å². The fourth-order valence-corrected chi connectivity index (χ4v) is 5.00. The van der Waals surface area contributed by atoms with Gasteiger partial charge < -0.3 is 4.52 Å². The highest BCUT2D eigenvalue weighted by Crippen LogP contribution is 2.25. The number of rotatable bonds is 7. The van der Waals surface area contributed by atoms with Crippen molar-refractivity contribution in [3.63, 3.8) is 0 Å². The Morgan fingerprint density at radius 2 is 2.15 bits per heavy atom. The maximum atomic E-state index is 13.8. The van der Waals surface area contributed by atoms with E-state index in [1.807, 2.05) is 6.92 Å². The molecule has 2 heterocycles. The number of nitrogens with zero attached hydrogens (tertiary/aromatic N) is 3. The van der Waals surface area contributed by atoms with Crippen LogP contribution in [0, 0.1) is 11.7 Å². The number of piperidine rings is 1. The van der Waals surface area contributed by atoms with Crippen LogP contribution in [0.3, 0.4) is 0 Å². The second kappa shape index (κ2) is 8.26. The van der Waals surface area contributed by atoms with Crippen LogP contribution in [0.1, 0.15) is 38.5 Å². The molecule has 1 aliphatic rings. The van der Waals surface area contributed by atoms with Crippen LogP contribution in [0.25, 0.3) is 11.4 Å².